The summed E-state index contributed by atoms with van der Waals surface area (Å²) in [7, 11) is -5.32. The van der Waals surface area contributed by atoms with E-state index in [2.05, 4.69) is 4.74 Å². The Morgan fingerprint density at radius 2 is 1.69 bits per heavy atom. The van der Waals surface area contributed by atoms with Crippen molar-refractivity contribution in [3.63, 3.8) is 0 Å². The molecule has 0 radical (unpaired) electrons. The van der Waals surface area contributed by atoms with Crippen molar-refractivity contribution in [3.05, 3.63) is 0 Å². The zero-order chi connectivity index (χ0) is 12.7. The lowest BCUT2D eigenvalue weighted by molar-refractivity contribution is -0.315. The van der Waals surface area contributed by atoms with Gasteiger partial charge in [0.25, 0.3) is 5.53 Å². The molecule has 1 saturated heterocycles. The van der Waals surface area contributed by atoms with E-state index < -0.39 is 44.1 Å². The molecule has 0 bridgehead atoms. The first kappa shape index (κ1) is 14.0. The number of hydrogen-bond donors (Lipinski definition) is 7. The quantitative estimate of drug-likeness (QED) is 0.247. The van der Waals surface area contributed by atoms with Crippen LogP contribution in [0.25, 0.3) is 0 Å². The topological polar surface area (TPSA) is 168 Å². The average Bonchev–Trinajstić information content (AvgIpc) is 2.19. The summed E-state index contributed by atoms with van der Waals surface area (Å²) in [4.78, 5) is 17.6. The normalized spacial score (nSPS) is 45.7. The Kier molecular flexibility index (Phi) is 3.75. The molecule has 0 unspecified atom stereocenters. The van der Waals surface area contributed by atoms with Crippen LogP contribution in [0.3, 0.4) is 0 Å². The Morgan fingerprint density at radius 3 is 2.06 bits per heavy atom. The van der Waals surface area contributed by atoms with Gasteiger partial charge < -0.3 is 40.1 Å². The Hall–Kier alpha value is -0.0900. The molecular weight excluding hydrogens is 247 g/mol. The highest BCUT2D eigenvalue weighted by Crippen LogP contribution is 2.54. The van der Waals surface area contributed by atoms with E-state index in [0.29, 0.717) is 0 Å². The molecule has 0 amide bonds. The van der Waals surface area contributed by atoms with Crippen LogP contribution in [-0.2, 0) is 9.30 Å². The van der Waals surface area contributed by atoms with Crippen LogP contribution in [-0.4, -0.2) is 71.9 Å². The van der Waals surface area contributed by atoms with Crippen molar-refractivity contribution in [1.29, 1.82) is 0 Å². The Morgan fingerprint density at radius 1 is 1.19 bits per heavy atom. The van der Waals surface area contributed by atoms with Crippen LogP contribution in [0.2, 0.25) is 0 Å². The van der Waals surface area contributed by atoms with Crippen LogP contribution in [0, 0.1) is 0 Å². The van der Waals surface area contributed by atoms with Crippen LogP contribution in [0.15, 0.2) is 0 Å². The van der Waals surface area contributed by atoms with Crippen LogP contribution in [0.1, 0.15) is 0 Å². The first-order valence-corrected chi connectivity index (χ1v) is 5.87. The molecule has 0 aromatic heterocycles. The summed E-state index contributed by atoms with van der Waals surface area (Å²) < 4.78 is 15.3. The van der Waals surface area contributed by atoms with Crippen molar-refractivity contribution < 1.29 is 44.6 Å². The third kappa shape index (κ3) is 2.02. The van der Waals surface area contributed by atoms with E-state index in [9.17, 15) is 25.0 Å². The molecule has 1 aliphatic rings. The van der Waals surface area contributed by atoms with Gasteiger partial charge in [0.05, 0.1) is 6.61 Å². The Labute approximate surface area is 89.7 Å². The van der Waals surface area contributed by atoms with Crippen molar-refractivity contribution in [2.75, 3.05) is 6.61 Å². The highest BCUT2D eigenvalue weighted by molar-refractivity contribution is 7.53. The third-order valence-corrected chi connectivity index (χ3v) is 3.57. The van der Waals surface area contributed by atoms with Gasteiger partial charge in [0.2, 0.25) is 0 Å². The molecule has 0 saturated carbocycles. The minimum atomic E-state index is -5.32. The molecular formula is C6H13O9P. The summed E-state index contributed by atoms with van der Waals surface area (Å²) in [6.07, 6.45) is -7.84. The van der Waals surface area contributed by atoms with Crippen LogP contribution >= 0.6 is 7.60 Å². The predicted molar refractivity (Wildman–Crippen MR) is 47.0 cm³/mol. The standard InChI is InChI=1S/C6H13O9P/c7-1-2-3(8)4(9)5(10)6(11,15-2)16(12,13)14/h2-5,7-11H,1H2,(H2,12,13,14)/t2-,3-,4+,5-,6+/m1/s1. The fourth-order valence-electron chi connectivity index (χ4n) is 1.38. The van der Waals surface area contributed by atoms with Gasteiger partial charge in [-0.15, -0.1) is 0 Å². The maximum atomic E-state index is 10.9. The second-order valence-electron chi connectivity index (χ2n) is 3.47. The smallest absolute Gasteiger partial charge is 0.387 e. The molecule has 0 spiro atoms. The van der Waals surface area contributed by atoms with Crippen molar-refractivity contribution in [2.45, 2.75) is 29.9 Å². The lowest BCUT2D eigenvalue weighted by atomic mass is 9.99. The predicted octanol–water partition coefficient (Wildman–Crippen LogP) is -3.72. The Bertz CT molecular complexity index is 300. The minimum Gasteiger partial charge on any atom is -0.394 e. The van der Waals surface area contributed by atoms with Crippen molar-refractivity contribution >= 4 is 7.60 Å². The maximum Gasteiger partial charge on any atom is 0.387 e. The fraction of sp³-hybridized carbons (Fsp3) is 1.00. The van der Waals surface area contributed by atoms with E-state index in [1.54, 1.807) is 0 Å². The van der Waals surface area contributed by atoms with Gasteiger partial charge in [-0.25, -0.2) is 0 Å². The minimum absolute atomic E-state index is 0.896. The number of aliphatic hydroxyl groups is 5. The van der Waals surface area contributed by atoms with Gasteiger partial charge in [0.15, 0.2) is 0 Å². The molecule has 7 N–H and O–H groups in total. The average molecular weight is 260 g/mol. The molecule has 9 nitrogen and oxygen atoms in total. The van der Waals surface area contributed by atoms with Crippen molar-refractivity contribution in [2.24, 2.45) is 0 Å². The van der Waals surface area contributed by atoms with E-state index in [1.807, 2.05) is 0 Å². The number of ether oxygens (including phenoxy) is 1. The van der Waals surface area contributed by atoms with Gasteiger partial charge in [0, 0.05) is 0 Å². The molecule has 16 heavy (non-hydrogen) atoms. The van der Waals surface area contributed by atoms with Crippen molar-refractivity contribution in [3.8, 4) is 0 Å². The zero-order valence-corrected chi connectivity index (χ0v) is 8.81. The fourth-order valence-corrected chi connectivity index (χ4v) is 2.15. The van der Waals surface area contributed by atoms with Gasteiger partial charge in [-0.05, 0) is 0 Å². The number of aliphatic hydroxyl groups excluding tert-OH is 4. The maximum absolute atomic E-state index is 10.9. The SMILES string of the molecule is O=P(O)(O)[C@@]1(O)O[C@H](CO)[C@@H](O)[C@H](O)[C@H]1O. The summed E-state index contributed by atoms with van der Waals surface area (Å²) in [6.45, 7) is -0.896. The molecule has 1 rings (SSSR count). The van der Waals surface area contributed by atoms with Crippen LogP contribution in [0.4, 0.5) is 0 Å². The van der Waals surface area contributed by atoms with E-state index in [1.165, 1.54) is 0 Å². The van der Waals surface area contributed by atoms with E-state index >= 15 is 0 Å². The second kappa shape index (κ2) is 4.30. The van der Waals surface area contributed by atoms with Gasteiger partial charge in [-0.3, -0.25) is 4.57 Å². The summed E-state index contributed by atoms with van der Waals surface area (Å²) in [5, 5.41) is 45.9. The first-order chi connectivity index (χ1) is 7.15. The molecule has 5 atom stereocenters. The number of rotatable bonds is 2. The zero-order valence-electron chi connectivity index (χ0n) is 7.91. The second-order valence-corrected chi connectivity index (χ2v) is 5.20. The molecule has 1 heterocycles. The van der Waals surface area contributed by atoms with E-state index in [-0.39, 0.29) is 0 Å². The molecule has 10 heteroatoms. The lowest BCUT2D eigenvalue weighted by Crippen LogP contribution is -2.64. The van der Waals surface area contributed by atoms with E-state index in [4.69, 9.17) is 14.9 Å². The largest absolute Gasteiger partial charge is 0.394 e. The Balaban J connectivity index is 3.09. The summed E-state index contributed by atoms with van der Waals surface area (Å²) in [5.41, 5.74) is -3.35. The first-order valence-electron chi connectivity index (χ1n) is 4.26. The molecule has 1 fully saturated rings. The van der Waals surface area contributed by atoms with Gasteiger partial charge in [-0.1, -0.05) is 0 Å². The molecule has 0 aromatic carbocycles. The molecule has 96 valence electrons. The summed E-state index contributed by atoms with van der Waals surface area (Å²) in [5.74, 6) is 0. The van der Waals surface area contributed by atoms with Crippen molar-refractivity contribution in [1.82, 2.24) is 0 Å². The molecule has 0 aromatic rings. The van der Waals surface area contributed by atoms with Gasteiger partial charge in [0.1, 0.15) is 24.4 Å². The summed E-state index contributed by atoms with van der Waals surface area (Å²) >= 11 is 0. The van der Waals surface area contributed by atoms with E-state index in [0.717, 1.165) is 0 Å². The third-order valence-electron chi connectivity index (χ3n) is 2.36. The van der Waals surface area contributed by atoms with Gasteiger partial charge in [-0.2, -0.15) is 0 Å². The summed E-state index contributed by atoms with van der Waals surface area (Å²) in [6, 6.07) is 0. The molecule has 0 aliphatic carbocycles. The lowest BCUT2D eigenvalue weighted by Gasteiger charge is -2.44. The van der Waals surface area contributed by atoms with Crippen LogP contribution < -0.4 is 0 Å². The van der Waals surface area contributed by atoms with Gasteiger partial charge >= 0.3 is 7.60 Å². The molecule has 1 aliphatic heterocycles. The number of hydrogen-bond acceptors (Lipinski definition) is 7. The van der Waals surface area contributed by atoms with Crippen LogP contribution in [0.5, 0.6) is 0 Å². The monoisotopic (exact) mass is 260 g/mol. The highest BCUT2D eigenvalue weighted by Gasteiger charge is 2.62. The highest BCUT2D eigenvalue weighted by atomic mass is 31.2.